The lowest BCUT2D eigenvalue weighted by atomic mass is 9.34. The molecule has 0 heterocycles. The summed E-state index contributed by atoms with van der Waals surface area (Å²) < 4.78 is 5.33. The highest BCUT2D eigenvalue weighted by Gasteiger charge is 2.68. The zero-order valence-corrected chi connectivity index (χ0v) is 26.0. The van der Waals surface area contributed by atoms with E-state index in [0.717, 1.165) is 49.5 Å². The molecule has 9 unspecified atom stereocenters. The third kappa shape index (κ3) is 4.01. The molecule has 0 spiro atoms. The molecule has 0 aromatic rings. The number of carbonyl (C=O) groups is 1. The standard InChI is InChI=1S/C36H57NO2/c1-7-37-36-19-9-10-30(36)29-15-16-31-33(4)20-17-27(25-11-13-26(14-12-25)32(38)39-8-2)24(3)28(33)18-21-35(31,6)34(29,5)22-23-36/h11,17,24,26,28-31,37H,7-10,12-16,18-23H2,1-6H3/t24?,26?,28?,29?,30?,31?,33?,34-,35?,36?/m1/s1. The minimum absolute atomic E-state index is 0.00439. The van der Waals surface area contributed by atoms with Gasteiger partial charge in [-0.2, -0.15) is 0 Å². The number of ether oxygens (including phenoxy) is 1. The zero-order chi connectivity index (χ0) is 27.6. The second-order valence-electron chi connectivity index (χ2n) is 15.5. The summed E-state index contributed by atoms with van der Waals surface area (Å²) in [6, 6.07) is 0. The van der Waals surface area contributed by atoms with Gasteiger partial charge in [-0.1, -0.05) is 53.2 Å². The molecule has 1 N–H and O–H groups in total. The molecule has 218 valence electrons. The van der Waals surface area contributed by atoms with Crippen LogP contribution in [0.25, 0.3) is 0 Å². The van der Waals surface area contributed by atoms with Gasteiger partial charge in [-0.15, -0.1) is 0 Å². The average molecular weight is 536 g/mol. The van der Waals surface area contributed by atoms with Crippen LogP contribution in [-0.2, 0) is 9.53 Å². The van der Waals surface area contributed by atoms with E-state index in [-0.39, 0.29) is 11.9 Å². The maximum absolute atomic E-state index is 12.3. The fourth-order valence-electron chi connectivity index (χ4n) is 12.5. The maximum atomic E-state index is 12.3. The van der Waals surface area contributed by atoms with Crippen molar-refractivity contribution in [2.24, 2.45) is 51.8 Å². The Morgan fingerprint density at radius 2 is 1.74 bits per heavy atom. The molecule has 0 aromatic heterocycles. The Bertz CT molecular complexity index is 1030. The molecule has 6 rings (SSSR count). The van der Waals surface area contributed by atoms with Gasteiger partial charge in [0.25, 0.3) is 0 Å². The molecule has 3 heteroatoms. The zero-order valence-electron chi connectivity index (χ0n) is 26.0. The highest BCUT2D eigenvalue weighted by molar-refractivity contribution is 5.73. The largest absolute Gasteiger partial charge is 0.466 e. The number of esters is 1. The fraction of sp³-hybridized carbons (Fsp3) is 0.861. The summed E-state index contributed by atoms with van der Waals surface area (Å²) in [5.41, 5.74) is 4.98. The van der Waals surface area contributed by atoms with Gasteiger partial charge >= 0.3 is 5.97 Å². The molecule has 0 bridgehead atoms. The lowest BCUT2D eigenvalue weighted by Gasteiger charge is -2.71. The molecule has 10 atom stereocenters. The van der Waals surface area contributed by atoms with E-state index in [1.807, 2.05) is 6.92 Å². The summed E-state index contributed by atoms with van der Waals surface area (Å²) >= 11 is 0. The van der Waals surface area contributed by atoms with E-state index >= 15 is 0 Å². The number of allylic oxidation sites excluding steroid dienone is 4. The Morgan fingerprint density at radius 1 is 0.923 bits per heavy atom. The highest BCUT2D eigenvalue weighted by Crippen LogP contribution is 2.75. The first-order chi connectivity index (χ1) is 18.6. The van der Waals surface area contributed by atoms with Crippen LogP contribution in [0.5, 0.6) is 0 Å². The van der Waals surface area contributed by atoms with Gasteiger partial charge in [0, 0.05) is 5.54 Å². The van der Waals surface area contributed by atoms with Crippen LogP contribution >= 0.6 is 0 Å². The number of hydrogen-bond donors (Lipinski definition) is 1. The number of fused-ring (bicyclic) bond motifs is 7. The summed E-state index contributed by atoms with van der Waals surface area (Å²) in [7, 11) is 0. The molecular formula is C36H57NO2. The first-order valence-electron chi connectivity index (χ1n) is 16.9. The Morgan fingerprint density at radius 3 is 2.46 bits per heavy atom. The van der Waals surface area contributed by atoms with Crippen molar-refractivity contribution in [2.75, 3.05) is 13.2 Å². The predicted molar refractivity (Wildman–Crippen MR) is 160 cm³/mol. The van der Waals surface area contributed by atoms with Gasteiger partial charge in [0.2, 0.25) is 0 Å². The molecule has 6 aliphatic rings. The topological polar surface area (TPSA) is 38.3 Å². The Hall–Kier alpha value is -1.09. The van der Waals surface area contributed by atoms with Gasteiger partial charge in [-0.25, -0.2) is 0 Å². The van der Waals surface area contributed by atoms with Crippen molar-refractivity contribution >= 4 is 5.97 Å². The highest BCUT2D eigenvalue weighted by atomic mass is 16.5. The van der Waals surface area contributed by atoms with Crippen molar-refractivity contribution < 1.29 is 9.53 Å². The summed E-state index contributed by atoms with van der Waals surface area (Å²) in [4.78, 5) is 12.3. The molecular weight excluding hydrogens is 478 g/mol. The second kappa shape index (κ2) is 10.0. The number of rotatable bonds is 5. The van der Waals surface area contributed by atoms with Gasteiger partial charge in [0.15, 0.2) is 0 Å². The smallest absolute Gasteiger partial charge is 0.309 e. The van der Waals surface area contributed by atoms with Crippen molar-refractivity contribution in [1.82, 2.24) is 5.32 Å². The van der Waals surface area contributed by atoms with E-state index in [0.29, 0.717) is 34.3 Å². The van der Waals surface area contributed by atoms with Crippen LogP contribution in [0.1, 0.15) is 125 Å². The molecule has 0 radical (unpaired) electrons. The van der Waals surface area contributed by atoms with Crippen LogP contribution in [-0.4, -0.2) is 24.7 Å². The molecule has 6 aliphatic carbocycles. The van der Waals surface area contributed by atoms with Gasteiger partial charge in [-0.3, -0.25) is 4.79 Å². The summed E-state index contributed by atoms with van der Waals surface area (Å²) in [6.07, 6.45) is 22.0. The van der Waals surface area contributed by atoms with Crippen molar-refractivity contribution in [3.05, 3.63) is 23.3 Å². The number of carbonyl (C=O) groups excluding carboxylic acids is 1. The first-order valence-corrected chi connectivity index (χ1v) is 16.9. The SMILES string of the molecule is CCNC12CCCC1C1CCC3C4(C)CC=C(C5=CCC(C(=O)OCC)CC5)C(C)C4CCC3(C)[C@]1(C)CC2. The van der Waals surface area contributed by atoms with E-state index in [4.69, 9.17) is 4.74 Å². The summed E-state index contributed by atoms with van der Waals surface area (Å²) in [5.74, 6) is 4.12. The molecule has 0 saturated heterocycles. The van der Waals surface area contributed by atoms with Crippen LogP contribution < -0.4 is 5.32 Å². The Labute approximate surface area is 239 Å². The predicted octanol–water partition coefficient (Wildman–Crippen LogP) is 8.64. The van der Waals surface area contributed by atoms with E-state index in [9.17, 15) is 4.79 Å². The quantitative estimate of drug-likeness (QED) is 0.358. The third-order valence-electron chi connectivity index (χ3n) is 14.5. The van der Waals surface area contributed by atoms with Crippen LogP contribution in [0, 0.1) is 51.8 Å². The maximum Gasteiger partial charge on any atom is 0.309 e. The van der Waals surface area contributed by atoms with Crippen LogP contribution in [0.3, 0.4) is 0 Å². The van der Waals surface area contributed by atoms with Crippen molar-refractivity contribution in [2.45, 2.75) is 131 Å². The van der Waals surface area contributed by atoms with E-state index in [2.05, 4.69) is 52.1 Å². The number of nitrogens with one attached hydrogen (secondary N) is 1. The van der Waals surface area contributed by atoms with Crippen LogP contribution in [0.15, 0.2) is 23.3 Å². The molecule has 3 nitrogen and oxygen atoms in total. The minimum Gasteiger partial charge on any atom is -0.466 e. The Kier molecular flexibility index (Phi) is 7.21. The van der Waals surface area contributed by atoms with Gasteiger partial charge < -0.3 is 10.1 Å². The monoisotopic (exact) mass is 535 g/mol. The lowest BCUT2D eigenvalue weighted by molar-refractivity contribution is -0.212. The van der Waals surface area contributed by atoms with Crippen molar-refractivity contribution in [3.8, 4) is 0 Å². The molecule has 4 saturated carbocycles. The van der Waals surface area contributed by atoms with E-state index in [1.54, 1.807) is 11.1 Å². The average Bonchev–Trinajstić information content (AvgIpc) is 3.33. The van der Waals surface area contributed by atoms with E-state index in [1.165, 1.54) is 64.2 Å². The van der Waals surface area contributed by atoms with Crippen molar-refractivity contribution in [3.63, 3.8) is 0 Å². The first kappa shape index (κ1) is 28.0. The minimum atomic E-state index is 0.00439. The van der Waals surface area contributed by atoms with Gasteiger partial charge in [0.1, 0.15) is 0 Å². The van der Waals surface area contributed by atoms with Crippen molar-refractivity contribution in [1.29, 1.82) is 0 Å². The summed E-state index contributed by atoms with van der Waals surface area (Å²) in [5, 5.41) is 4.07. The van der Waals surface area contributed by atoms with Gasteiger partial charge in [0.05, 0.1) is 12.5 Å². The van der Waals surface area contributed by atoms with Crippen LogP contribution in [0.4, 0.5) is 0 Å². The van der Waals surface area contributed by atoms with Gasteiger partial charge in [-0.05, 0) is 147 Å². The molecule has 39 heavy (non-hydrogen) atoms. The molecule has 0 aliphatic heterocycles. The molecule has 0 aromatic carbocycles. The molecule has 0 amide bonds. The number of hydrogen-bond acceptors (Lipinski definition) is 3. The second-order valence-corrected chi connectivity index (χ2v) is 15.5. The van der Waals surface area contributed by atoms with E-state index < -0.39 is 0 Å². The third-order valence-corrected chi connectivity index (χ3v) is 14.5. The fourth-order valence-corrected chi connectivity index (χ4v) is 12.5. The normalized spacial score (nSPS) is 49.1. The molecule has 4 fully saturated rings. The summed E-state index contributed by atoms with van der Waals surface area (Å²) in [6.45, 7) is 16.7. The lowest BCUT2D eigenvalue weighted by Crippen LogP contribution is -2.66. The van der Waals surface area contributed by atoms with Crippen LogP contribution in [0.2, 0.25) is 0 Å². The Balaban J connectivity index is 1.24.